The minimum Gasteiger partial charge on any atom is -0.406 e. The van der Waals surface area contributed by atoms with Crippen molar-refractivity contribution >= 4 is 17.5 Å². The molecule has 0 fully saturated rings. The van der Waals surface area contributed by atoms with E-state index in [-0.39, 0.29) is 22.6 Å². The summed E-state index contributed by atoms with van der Waals surface area (Å²) in [5.41, 5.74) is -1.80. The van der Waals surface area contributed by atoms with E-state index in [1.807, 2.05) is 0 Å². The molecule has 0 radical (unpaired) electrons. The van der Waals surface area contributed by atoms with Gasteiger partial charge in [0.25, 0.3) is 5.91 Å². The van der Waals surface area contributed by atoms with Crippen molar-refractivity contribution in [2.45, 2.75) is 24.7 Å². The van der Waals surface area contributed by atoms with Gasteiger partial charge in [-0.3, -0.25) is 4.79 Å². The highest BCUT2D eigenvalue weighted by Crippen LogP contribution is 2.38. The maximum Gasteiger partial charge on any atom is 0.573 e. The summed E-state index contributed by atoms with van der Waals surface area (Å²) in [5.74, 6) is -3.31. The van der Waals surface area contributed by atoms with E-state index in [2.05, 4.69) is 14.8 Å². The van der Waals surface area contributed by atoms with Gasteiger partial charge in [-0.1, -0.05) is 66.2 Å². The summed E-state index contributed by atoms with van der Waals surface area (Å²) in [7, 11) is 0. The number of hydrogen-bond acceptors (Lipinski definition) is 3. The molecule has 4 rings (SSSR count). The third kappa shape index (κ3) is 7.69. The molecule has 0 bridgehead atoms. The van der Waals surface area contributed by atoms with E-state index < -0.39 is 47.1 Å². The van der Waals surface area contributed by atoms with Crippen molar-refractivity contribution in [1.29, 1.82) is 0 Å². The zero-order valence-electron chi connectivity index (χ0n) is 20.7. The van der Waals surface area contributed by atoms with Crippen LogP contribution in [0.2, 0.25) is 5.02 Å². The van der Waals surface area contributed by atoms with Crippen LogP contribution in [-0.2, 0) is 12.0 Å². The Morgan fingerprint density at radius 2 is 1.24 bits per heavy atom. The molecule has 0 aromatic heterocycles. The van der Waals surface area contributed by atoms with Crippen LogP contribution in [0.3, 0.4) is 0 Å². The minimum absolute atomic E-state index is 0.00333. The number of rotatable bonds is 8. The molecule has 4 aromatic rings. The first-order chi connectivity index (χ1) is 19.2. The second-order valence-corrected chi connectivity index (χ2v) is 9.23. The molecule has 41 heavy (non-hydrogen) atoms. The number of carbonyl (C=O) groups is 1. The fourth-order valence-corrected chi connectivity index (χ4v) is 4.47. The first-order valence-corrected chi connectivity index (χ1v) is 12.2. The van der Waals surface area contributed by atoms with Crippen LogP contribution in [0.15, 0.2) is 97.1 Å². The van der Waals surface area contributed by atoms with Crippen LogP contribution in [0.25, 0.3) is 0 Å². The highest BCUT2D eigenvalue weighted by atomic mass is 35.5. The molecule has 4 aromatic carbocycles. The van der Waals surface area contributed by atoms with Gasteiger partial charge in [0.05, 0.1) is 11.1 Å². The van der Waals surface area contributed by atoms with Gasteiger partial charge in [0.2, 0.25) is 0 Å². The SMILES string of the molecule is O=C(NC(Cc1ccccc1)(c1cccc(OC(F)(F)F)c1)c1cccc(OC(F)(F)F)c1)c1ccc(Cl)cc1F. The summed E-state index contributed by atoms with van der Waals surface area (Å²) in [6.45, 7) is 0. The van der Waals surface area contributed by atoms with Gasteiger partial charge in [0.1, 0.15) is 17.3 Å². The maximum absolute atomic E-state index is 14.8. The molecular formula is C29H19ClF7NO3. The monoisotopic (exact) mass is 597 g/mol. The van der Waals surface area contributed by atoms with Crippen LogP contribution in [0, 0.1) is 5.82 Å². The lowest BCUT2D eigenvalue weighted by Crippen LogP contribution is -2.49. The summed E-state index contributed by atoms with van der Waals surface area (Å²) in [6, 6.07) is 20.8. The smallest absolute Gasteiger partial charge is 0.406 e. The lowest BCUT2D eigenvalue weighted by Gasteiger charge is -2.37. The normalized spacial score (nSPS) is 12.1. The Balaban J connectivity index is 1.96. The Morgan fingerprint density at radius 1 is 0.707 bits per heavy atom. The van der Waals surface area contributed by atoms with Gasteiger partial charge in [0, 0.05) is 11.4 Å². The van der Waals surface area contributed by atoms with E-state index in [9.17, 15) is 35.5 Å². The number of halogens is 8. The van der Waals surface area contributed by atoms with E-state index in [4.69, 9.17) is 11.6 Å². The Hall–Kier alpha value is -4.25. The Morgan fingerprint density at radius 3 is 1.73 bits per heavy atom. The number of benzene rings is 4. The summed E-state index contributed by atoms with van der Waals surface area (Å²) in [6.07, 6.45) is -10.3. The number of alkyl halides is 6. The lowest BCUT2D eigenvalue weighted by atomic mass is 9.77. The molecule has 0 saturated carbocycles. The van der Waals surface area contributed by atoms with Crippen molar-refractivity contribution in [2.24, 2.45) is 0 Å². The minimum atomic E-state index is -5.06. The van der Waals surface area contributed by atoms with Crippen molar-refractivity contribution < 1.29 is 45.0 Å². The maximum atomic E-state index is 14.8. The third-order valence-corrected chi connectivity index (χ3v) is 6.17. The number of nitrogens with one attached hydrogen (secondary N) is 1. The van der Waals surface area contributed by atoms with Crippen LogP contribution in [0.1, 0.15) is 27.0 Å². The fraction of sp³-hybridized carbons (Fsp3) is 0.138. The molecule has 0 spiro atoms. The van der Waals surface area contributed by atoms with Crippen LogP contribution in [-0.4, -0.2) is 18.6 Å². The first kappa shape index (κ1) is 29.7. The summed E-state index contributed by atoms with van der Waals surface area (Å²) in [4.78, 5) is 13.5. The molecule has 1 N–H and O–H groups in total. The molecule has 214 valence electrons. The fourth-order valence-electron chi connectivity index (χ4n) is 4.31. The summed E-state index contributed by atoms with van der Waals surface area (Å²) in [5, 5.41) is 2.68. The van der Waals surface area contributed by atoms with E-state index in [1.54, 1.807) is 30.3 Å². The van der Waals surface area contributed by atoms with Gasteiger partial charge >= 0.3 is 12.7 Å². The van der Waals surface area contributed by atoms with Crippen molar-refractivity contribution in [2.75, 3.05) is 0 Å². The molecule has 0 heterocycles. The molecule has 0 aliphatic rings. The number of hydrogen-bond donors (Lipinski definition) is 1. The average Bonchev–Trinajstić information content (AvgIpc) is 2.87. The quantitative estimate of drug-likeness (QED) is 0.208. The van der Waals surface area contributed by atoms with Crippen LogP contribution in [0.4, 0.5) is 30.7 Å². The van der Waals surface area contributed by atoms with Gasteiger partial charge < -0.3 is 14.8 Å². The Kier molecular flexibility index (Phi) is 8.48. The molecule has 0 atom stereocenters. The standard InChI is InChI=1S/C29H19ClF7NO3/c30-21-12-13-24(25(31)16-21)26(39)38-27(17-18-6-2-1-3-7-18,19-8-4-10-22(14-19)40-28(32,33)34)20-9-5-11-23(15-20)41-29(35,36)37/h1-16H,17H2,(H,38,39). The first-order valence-electron chi connectivity index (χ1n) is 11.8. The van der Waals surface area contributed by atoms with Gasteiger partial charge in [-0.05, 0) is 59.2 Å². The molecular weight excluding hydrogens is 579 g/mol. The van der Waals surface area contributed by atoms with Gasteiger partial charge in [0.15, 0.2) is 0 Å². The predicted molar refractivity (Wildman–Crippen MR) is 136 cm³/mol. The van der Waals surface area contributed by atoms with Crippen LogP contribution in [0.5, 0.6) is 11.5 Å². The molecule has 0 unspecified atom stereocenters. The van der Waals surface area contributed by atoms with E-state index in [0.29, 0.717) is 5.56 Å². The number of carbonyl (C=O) groups excluding carboxylic acids is 1. The highest BCUT2D eigenvalue weighted by Gasteiger charge is 2.40. The third-order valence-electron chi connectivity index (χ3n) is 5.94. The van der Waals surface area contributed by atoms with Crippen LogP contribution >= 0.6 is 11.6 Å². The van der Waals surface area contributed by atoms with Gasteiger partial charge in [-0.15, -0.1) is 26.3 Å². The predicted octanol–water partition coefficient (Wildman–Crippen LogP) is 8.19. The van der Waals surface area contributed by atoms with Gasteiger partial charge in [-0.25, -0.2) is 4.39 Å². The van der Waals surface area contributed by atoms with E-state index in [1.165, 1.54) is 30.3 Å². The zero-order valence-corrected chi connectivity index (χ0v) is 21.4. The van der Waals surface area contributed by atoms with Crippen molar-refractivity contribution in [3.05, 3.63) is 130 Å². The van der Waals surface area contributed by atoms with E-state index >= 15 is 0 Å². The number of amides is 1. The van der Waals surface area contributed by atoms with Crippen molar-refractivity contribution in [1.82, 2.24) is 5.32 Å². The molecule has 12 heteroatoms. The van der Waals surface area contributed by atoms with Crippen molar-refractivity contribution in [3.8, 4) is 11.5 Å². The molecule has 0 saturated heterocycles. The van der Waals surface area contributed by atoms with Gasteiger partial charge in [-0.2, -0.15) is 0 Å². The average molecular weight is 598 g/mol. The summed E-state index contributed by atoms with van der Waals surface area (Å²) >= 11 is 5.81. The van der Waals surface area contributed by atoms with Crippen LogP contribution < -0.4 is 14.8 Å². The molecule has 0 aliphatic carbocycles. The topological polar surface area (TPSA) is 47.6 Å². The number of ether oxygens (including phenoxy) is 2. The Labute approximate surface area is 234 Å². The molecule has 4 nitrogen and oxygen atoms in total. The van der Waals surface area contributed by atoms with E-state index in [0.717, 1.165) is 36.4 Å². The Bertz CT molecular complexity index is 1470. The second kappa shape index (κ2) is 11.7. The van der Waals surface area contributed by atoms with Crippen molar-refractivity contribution in [3.63, 3.8) is 0 Å². The summed E-state index contributed by atoms with van der Waals surface area (Å²) < 4.78 is 101. The lowest BCUT2D eigenvalue weighted by molar-refractivity contribution is -0.275. The highest BCUT2D eigenvalue weighted by molar-refractivity contribution is 6.30. The molecule has 0 aliphatic heterocycles. The largest absolute Gasteiger partial charge is 0.573 e. The molecule has 1 amide bonds. The second-order valence-electron chi connectivity index (χ2n) is 8.80. The zero-order chi connectivity index (χ0) is 29.8.